The predicted molar refractivity (Wildman–Crippen MR) is 117 cm³/mol. The summed E-state index contributed by atoms with van der Waals surface area (Å²) < 4.78 is 5.84. The van der Waals surface area contributed by atoms with Crippen LogP contribution in [-0.4, -0.2) is 29.1 Å². The van der Waals surface area contributed by atoms with Crippen LogP contribution in [0.2, 0.25) is 0 Å². The summed E-state index contributed by atoms with van der Waals surface area (Å²) >= 11 is 0. The molecule has 30 heavy (non-hydrogen) atoms. The molecule has 0 bridgehead atoms. The Morgan fingerprint density at radius 3 is 2.27 bits per heavy atom. The summed E-state index contributed by atoms with van der Waals surface area (Å²) in [4.78, 5) is 25.0. The van der Waals surface area contributed by atoms with Crippen molar-refractivity contribution in [2.75, 3.05) is 0 Å². The van der Waals surface area contributed by atoms with Crippen LogP contribution >= 0.6 is 0 Å². The second-order valence-electron chi connectivity index (χ2n) is 9.10. The van der Waals surface area contributed by atoms with E-state index in [2.05, 4.69) is 32.9 Å². The minimum atomic E-state index is -1.45. The summed E-state index contributed by atoms with van der Waals surface area (Å²) in [5.74, 6) is -0.365. The van der Waals surface area contributed by atoms with E-state index in [4.69, 9.17) is 4.74 Å². The van der Waals surface area contributed by atoms with Gasteiger partial charge in [-0.2, -0.15) is 0 Å². The highest BCUT2D eigenvalue weighted by molar-refractivity contribution is 5.98. The maximum atomic E-state index is 12.7. The lowest BCUT2D eigenvalue weighted by Crippen LogP contribution is -2.44. The molecule has 3 rings (SSSR count). The minimum absolute atomic E-state index is 0.150. The van der Waals surface area contributed by atoms with E-state index in [0.29, 0.717) is 11.5 Å². The first-order chi connectivity index (χ1) is 14.3. The van der Waals surface area contributed by atoms with Crippen molar-refractivity contribution < 1.29 is 19.4 Å². The van der Waals surface area contributed by atoms with Gasteiger partial charge in [0, 0.05) is 17.9 Å². The number of esters is 1. The van der Waals surface area contributed by atoms with Crippen LogP contribution in [0, 0.1) is 11.8 Å². The fourth-order valence-electron chi connectivity index (χ4n) is 4.59. The topological polar surface area (TPSA) is 63.6 Å². The number of hydrogen-bond acceptors (Lipinski definition) is 4. The van der Waals surface area contributed by atoms with Crippen molar-refractivity contribution in [3.8, 4) is 0 Å². The molecule has 1 aliphatic carbocycles. The van der Waals surface area contributed by atoms with Crippen LogP contribution in [0.4, 0.5) is 0 Å². The van der Waals surface area contributed by atoms with Gasteiger partial charge >= 0.3 is 5.97 Å². The molecule has 4 nitrogen and oxygen atoms in total. The zero-order valence-electron chi connectivity index (χ0n) is 18.1. The van der Waals surface area contributed by atoms with E-state index in [0.717, 1.165) is 19.3 Å². The highest BCUT2D eigenvalue weighted by Crippen LogP contribution is 2.43. The number of Topliss-reactive ketones (excluding diaryl/α,β-unsaturated/α-hetero) is 1. The highest BCUT2D eigenvalue weighted by Gasteiger charge is 2.42. The summed E-state index contributed by atoms with van der Waals surface area (Å²) in [6.45, 7) is 6.56. The number of ketones is 1. The Morgan fingerprint density at radius 2 is 1.63 bits per heavy atom. The molecule has 0 aliphatic heterocycles. The Bertz CT molecular complexity index is 844. The molecule has 4 atom stereocenters. The minimum Gasteiger partial charge on any atom is -0.460 e. The molecular formula is C26H32O4. The third kappa shape index (κ3) is 5.17. The van der Waals surface area contributed by atoms with E-state index in [9.17, 15) is 14.7 Å². The van der Waals surface area contributed by atoms with Crippen LogP contribution in [0.25, 0.3) is 0 Å². The van der Waals surface area contributed by atoms with E-state index in [1.807, 2.05) is 24.3 Å². The van der Waals surface area contributed by atoms with Gasteiger partial charge < -0.3 is 9.84 Å². The molecule has 0 amide bonds. The molecule has 2 aromatic carbocycles. The van der Waals surface area contributed by atoms with Crippen LogP contribution in [0.5, 0.6) is 0 Å². The smallest absolute Gasteiger partial charge is 0.335 e. The fraction of sp³-hybridized carbons (Fsp3) is 0.462. The van der Waals surface area contributed by atoms with Crippen LogP contribution in [0.1, 0.15) is 62.4 Å². The van der Waals surface area contributed by atoms with Gasteiger partial charge in [0.25, 0.3) is 0 Å². The maximum Gasteiger partial charge on any atom is 0.335 e. The molecule has 4 heteroatoms. The largest absolute Gasteiger partial charge is 0.460 e. The molecule has 0 aromatic heterocycles. The monoisotopic (exact) mass is 408 g/mol. The predicted octanol–water partition coefficient (Wildman–Crippen LogP) is 4.95. The number of benzene rings is 2. The summed E-state index contributed by atoms with van der Waals surface area (Å²) in [7, 11) is 0. The van der Waals surface area contributed by atoms with Crippen molar-refractivity contribution in [2.24, 2.45) is 11.8 Å². The fourth-order valence-corrected chi connectivity index (χ4v) is 4.59. The van der Waals surface area contributed by atoms with Crippen LogP contribution < -0.4 is 0 Å². The van der Waals surface area contributed by atoms with Crippen LogP contribution in [0.15, 0.2) is 60.7 Å². The van der Waals surface area contributed by atoms with Gasteiger partial charge in [-0.3, -0.25) is 4.79 Å². The lowest BCUT2D eigenvalue weighted by molar-refractivity contribution is -0.166. The molecule has 2 aromatic rings. The van der Waals surface area contributed by atoms with Gasteiger partial charge in [-0.1, -0.05) is 87.9 Å². The van der Waals surface area contributed by atoms with Gasteiger partial charge in [0.1, 0.15) is 6.10 Å². The quantitative estimate of drug-likeness (QED) is 0.520. The number of hydrogen-bond donors (Lipinski definition) is 1. The molecule has 1 N–H and O–H groups in total. The van der Waals surface area contributed by atoms with Crippen molar-refractivity contribution in [3.63, 3.8) is 0 Å². The lowest BCUT2D eigenvalue weighted by Gasteiger charge is -2.44. The Hall–Kier alpha value is -2.46. The number of aliphatic hydroxyl groups is 1. The number of carbonyl (C=O) groups excluding carboxylic acids is 2. The van der Waals surface area contributed by atoms with E-state index < -0.39 is 12.1 Å². The Morgan fingerprint density at radius 1 is 1.03 bits per heavy atom. The van der Waals surface area contributed by atoms with Crippen LogP contribution in [0.3, 0.4) is 0 Å². The first kappa shape index (κ1) is 22.2. The molecule has 0 heterocycles. The highest BCUT2D eigenvalue weighted by atomic mass is 16.6. The molecule has 0 radical (unpaired) electrons. The SMILES string of the molecule is C[C@@H]1CC[C@@H](C(C)(C)c2ccccc2)[C@H](OC(=O)[C@@H](O)CC(=O)c2ccccc2)C1. The van der Waals surface area contributed by atoms with Gasteiger partial charge in [0.15, 0.2) is 11.9 Å². The van der Waals surface area contributed by atoms with Gasteiger partial charge in [0.2, 0.25) is 0 Å². The number of aliphatic hydroxyl groups excluding tert-OH is 1. The van der Waals surface area contributed by atoms with Crippen molar-refractivity contribution >= 4 is 11.8 Å². The number of ether oxygens (including phenoxy) is 1. The second kappa shape index (κ2) is 9.57. The molecular weight excluding hydrogens is 376 g/mol. The number of carbonyl (C=O) groups is 2. The average molecular weight is 409 g/mol. The summed E-state index contributed by atoms with van der Waals surface area (Å²) in [6, 6.07) is 19.0. The van der Waals surface area contributed by atoms with Gasteiger partial charge in [0.05, 0.1) is 0 Å². The summed E-state index contributed by atoms with van der Waals surface area (Å²) in [5, 5.41) is 10.4. The maximum absolute atomic E-state index is 12.7. The van der Waals surface area contributed by atoms with Gasteiger partial charge in [-0.05, 0) is 29.7 Å². The van der Waals surface area contributed by atoms with E-state index in [1.54, 1.807) is 24.3 Å². The molecule has 0 saturated heterocycles. The Balaban J connectivity index is 1.70. The molecule has 1 aliphatic rings. The van der Waals surface area contributed by atoms with E-state index >= 15 is 0 Å². The molecule has 1 saturated carbocycles. The lowest BCUT2D eigenvalue weighted by atomic mass is 9.64. The first-order valence-electron chi connectivity index (χ1n) is 10.8. The third-order valence-corrected chi connectivity index (χ3v) is 6.51. The van der Waals surface area contributed by atoms with Crippen molar-refractivity contribution in [2.45, 2.75) is 64.1 Å². The van der Waals surface area contributed by atoms with E-state index in [-0.39, 0.29) is 29.6 Å². The van der Waals surface area contributed by atoms with Crippen molar-refractivity contribution in [1.82, 2.24) is 0 Å². The zero-order chi connectivity index (χ0) is 21.7. The van der Waals surface area contributed by atoms with Crippen molar-refractivity contribution in [3.05, 3.63) is 71.8 Å². The Labute approximate surface area is 179 Å². The Kier molecular flexibility index (Phi) is 7.09. The van der Waals surface area contributed by atoms with Crippen molar-refractivity contribution in [1.29, 1.82) is 0 Å². The molecule has 0 spiro atoms. The molecule has 1 fully saturated rings. The zero-order valence-corrected chi connectivity index (χ0v) is 18.1. The standard InChI is InChI=1S/C26H32O4/c1-18-14-15-21(26(2,3)20-12-8-5-9-13-20)24(16-18)30-25(29)23(28)17-22(27)19-10-6-4-7-11-19/h4-13,18,21,23-24,28H,14-17H2,1-3H3/t18-,21-,23+,24-/m1/s1. The van der Waals surface area contributed by atoms with E-state index in [1.165, 1.54) is 5.56 Å². The normalized spacial score (nSPS) is 22.9. The summed E-state index contributed by atoms with van der Waals surface area (Å²) in [6.07, 6.45) is 0.821. The first-order valence-corrected chi connectivity index (χ1v) is 10.8. The van der Waals surface area contributed by atoms with Gasteiger partial charge in [-0.15, -0.1) is 0 Å². The third-order valence-electron chi connectivity index (χ3n) is 6.51. The second-order valence-corrected chi connectivity index (χ2v) is 9.10. The van der Waals surface area contributed by atoms with Gasteiger partial charge in [-0.25, -0.2) is 4.79 Å². The van der Waals surface area contributed by atoms with Crippen LogP contribution in [-0.2, 0) is 14.9 Å². The molecule has 0 unspecified atom stereocenters. The summed E-state index contributed by atoms with van der Waals surface area (Å²) in [5.41, 5.74) is 1.53. The molecule has 160 valence electrons. The number of rotatable bonds is 7. The average Bonchev–Trinajstić information content (AvgIpc) is 2.74.